The minimum atomic E-state index is -4.41. The van der Waals surface area contributed by atoms with Gasteiger partial charge in [0.1, 0.15) is 0 Å². The molecule has 0 unspecified atom stereocenters. The number of hydrazine groups is 1. The van der Waals surface area contributed by atoms with Crippen LogP contribution in [0.4, 0.5) is 18.9 Å². The first-order chi connectivity index (χ1) is 8.86. The van der Waals surface area contributed by atoms with Gasteiger partial charge in [0.15, 0.2) is 0 Å². The number of hydrogen-bond acceptors (Lipinski definition) is 3. The number of nitrogens with two attached hydrogens (primary N) is 1. The molecule has 1 aliphatic heterocycles. The fraction of sp³-hybridized carbons (Fsp3) is 0.231. The summed E-state index contributed by atoms with van der Waals surface area (Å²) in [6.07, 6.45) is 0.841. The van der Waals surface area contributed by atoms with E-state index in [-0.39, 0.29) is 17.8 Å². The number of nitrogen functional groups attached to an aromatic ring is 1. The quantitative estimate of drug-likeness (QED) is 0.811. The zero-order chi connectivity index (χ0) is 14.0. The van der Waals surface area contributed by atoms with Gasteiger partial charge in [0.05, 0.1) is 12.1 Å². The van der Waals surface area contributed by atoms with Crippen LogP contribution in [0.2, 0.25) is 0 Å². The number of allylic oxidation sites excluding steroid dienone is 2. The Morgan fingerprint density at radius 3 is 2.63 bits per heavy atom. The summed E-state index contributed by atoms with van der Waals surface area (Å²) < 4.78 is 38.8. The maximum absolute atomic E-state index is 12.9. The molecule has 19 heavy (non-hydrogen) atoms. The molecule has 3 nitrogen and oxygen atoms in total. The van der Waals surface area contributed by atoms with Crippen LogP contribution in [0.1, 0.15) is 18.1 Å². The molecule has 0 spiro atoms. The molecule has 2 rings (SSSR count). The molecular formula is C13H14F3N3. The van der Waals surface area contributed by atoms with Crippen LogP contribution in [0, 0.1) is 0 Å². The minimum absolute atomic E-state index is 0.106. The Labute approximate surface area is 109 Å². The molecule has 1 aromatic carbocycles. The van der Waals surface area contributed by atoms with Gasteiger partial charge in [0.25, 0.3) is 0 Å². The van der Waals surface area contributed by atoms with E-state index in [2.05, 4.69) is 5.43 Å². The molecule has 0 amide bonds. The normalized spacial score (nSPS) is 15.2. The first kappa shape index (κ1) is 13.3. The van der Waals surface area contributed by atoms with Crippen LogP contribution in [0.15, 0.2) is 42.2 Å². The molecular weight excluding hydrogens is 255 g/mol. The zero-order valence-corrected chi connectivity index (χ0v) is 10.3. The molecule has 6 heteroatoms. The van der Waals surface area contributed by atoms with Crippen LogP contribution in [-0.2, 0) is 12.7 Å². The van der Waals surface area contributed by atoms with E-state index in [1.807, 2.05) is 13.0 Å². The van der Waals surface area contributed by atoms with E-state index in [1.165, 1.54) is 12.1 Å². The molecule has 0 aromatic heterocycles. The summed E-state index contributed by atoms with van der Waals surface area (Å²) in [5.74, 6) is 0. The summed E-state index contributed by atoms with van der Waals surface area (Å²) in [5, 5.41) is 1.58. The van der Waals surface area contributed by atoms with E-state index in [4.69, 9.17) is 5.73 Å². The third-order valence-corrected chi connectivity index (χ3v) is 2.76. The lowest BCUT2D eigenvalue weighted by Gasteiger charge is -2.25. The molecule has 3 N–H and O–H groups in total. The molecule has 0 bridgehead atoms. The zero-order valence-electron chi connectivity index (χ0n) is 10.3. The van der Waals surface area contributed by atoms with E-state index < -0.39 is 11.7 Å². The maximum atomic E-state index is 12.9. The van der Waals surface area contributed by atoms with Gasteiger partial charge in [0.2, 0.25) is 0 Å². The van der Waals surface area contributed by atoms with Gasteiger partial charge in [-0.2, -0.15) is 13.2 Å². The number of alkyl halides is 3. The minimum Gasteiger partial charge on any atom is -0.399 e. The highest BCUT2D eigenvalue weighted by molar-refractivity contribution is 5.46. The average molecular weight is 269 g/mol. The van der Waals surface area contributed by atoms with Crippen molar-refractivity contribution in [3.05, 3.63) is 53.4 Å². The molecule has 0 atom stereocenters. The predicted octanol–water partition coefficient (Wildman–Crippen LogP) is 3.03. The maximum Gasteiger partial charge on any atom is 0.416 e. The van der Waals surface area contributed by atoms with Gasteiger partial charge in [0, 0.05) is 18.1 Å². The number of rotatable bonds is 2. The number of nitrogens with zero attached hydrogens (tertiary/aromatic N) is 1. The lowest BCUT2D eigenvalue weighted by Crippen LogP contribution is -2.31. The summed E-state index contributed by atoms with van der Waals surface area (Å²) in [6, 6.07) is 3.84. The van der Waals surface area contributed by atoms with Crippen molar-refractivity contribution in [2.75, 3.05) is 5.73 Å². The van der Waals surface area contributed by atoms with E-state index in [9.17, 15) is 13.2 Å². The molecule has 0 saturated heterocycles. The highest BCUT2D eigenvalue weighted by Crippen LogP contribution is 2.33. The molecule has 0 aliphatic carbocycles. The Kier molecular flexibility index (Phi) is 3.42. The molecule has 1 heterocycles. The molecule has 102 valence electrons. The number of benzene rings is 1. The van der Waals surface area contributed by atoms with Gasteiger partial charge < -0.3 is 11.2 Å². The fourth-order valence-corrected chi connectivity index (χ4v) is 1.76. The first-order valence-electron chi connectivity index (χ1n) is 5.69. The van der Waals surface area contributed by atoms with Gasteiger partial charge in [-0.1, -0.05) is 6.07 Å². The van der Waals surface area contributed by atoms with E-state index >= 15 is 0 Å². The van der Waals surface area contributed by atoms with Crippen LogP contribution in [0.3, 0.4) is 0 Å². The average Bonchev–Trinajstić information content (AvgIpc) is 2.33. The van der Waals surface area contributed by atoms with Gasteiger partial charge in [-0.25, -0.2) is 0 Å². The van der Waals surface area contributed by atoms with Gasteiger partial charge >= 0.3 is 6.18 Å². The largest absolute Gasteiger partial charge is 0.416 e. The standard InChI is InChI=1S/C13H14F3N3/c1-9-4-5-19(18-7-9)8-10-2-3-11(17)6-12(10)13(14,15)16/h2-7,18H,8,17H2,1H3. The monoisotopic (exact) mass is 269 g/mol. The second-order valence-corrected chi connectivity index (χ2v) is 4.38. The van der Waals surface area contributed by atoms with E-state index in [0.717, 1.165) is 11.6 Å². The highest BCUT2D eigenvalue weighted by atomic mass is 19.4. The molecule has 0 fully saturated rings. The second-order valence-electron chi connectivity index (χ2n) is 4.38. The van der Waals surface area contributed by atoms with Crippen molar-refractivity contribution in [2.45, 2.75) is 19.6 Å². The Bertz CT molecular complexity index is 532. The third kappa shape index (κ3) is 3.21. The van der Waals surface area contributed by atoms with Crippen LogP contribution in [0.25, 0.3) is 0 Å². The first-order valence-corrected chi connectivity index (χ1v) is 5.69. The van der Waals surface area contributed by atoms with Gasteiger partial charge in [-0.15, -0.1) is 0 Å². The van der Waals surface area contributed by atoms with Crippen molar-refractivity contribution < 1.29 is 13.2 Å². The van der Waals surface area contributed by atoms with Crippen LogP contribution >= 0.6 is 0 Å². The molecule has 0 saturated carbocycles. The van der Waals surface area contributed by atoms with E-state index in [0.29, 0.717) is 0 Å². The lowest BCUT2D eigenvalue weighted by molar-refractivity contribution is -0.138. The Balaban J connectivity index is 2.24. The summed E-state index contributed by atoms with van der Waals surface area (Å²) >= 11 is 0. The van der Waals surface area contributed by atoms with Crippen LogP contribution in [0.5, 0.6) is 0 Å². The molecule has 1 aliphatic rings. The predicted molar refractivity (Wildman–Crippen MR) is 67.4 cm³/mol. The number of halogens is 3. The van der Waals surface area contributed by atoms with Crippen LogP contribution < -0.4 is 11.2 Å². The third-order valence-electron chi connectivity index (χ3n) is 2.76. The summed E-state index contributed by atoms with van der Waals surface area (Å²) in [4.78, 5) is 0. The summed E-state index contributed by atoms with van der Waals surface area (Å²) in [7, 11) is 0. The Morgan fingerprint density at radius 2 is 2.05 bits per heavy atom. The summed E-state index contributed by atoms with van der Waals surface area (Å²) in [5.41, 5.74) is 8.90. The molecule has 0 radical (unpaired) electrons. The smallest absolute Gasteiger partial charge is 0.399 e. The number of hydrogen-bond donors (Lipinski definition) is 2. The van der Waals surface area contributed by atoms with Crippen molar-refractivity contribution in [3.63, 3.8) is 0 Å². The van der Waals surface area contributed by atoms with Crippen molar-refractivity contribution in [2.24, 2.45) is 0 Å². The highest BCUT2D eigenvalue weighted by Gasteiger charge is 2.33. The summed E-state index contributed by atoms with van der Waals surface area (Å²) in [6.45, 7) is 2.00. The lowest BCUT2D eigenvalue weighted by atomic mass is 10.1. The second kappa shape index (κ2) is 4.87. The van der Waals surface area contributed by atoms with Crippen molar-refractivity contribution in [1.29, 1.82) is 0 Å². The van der Waals surface area contributed by atoms with Crippen molar-refractivity contribution in [1.82, 2.24) is 10.4 Å². The topological polar surface area (TPSA) is 41.3 Å². The van der Waals surface area contributed by atoms with E-state index in [1.54, 1.807) is 17.4 Å². The van der Waals surface area contributed by atoms with Crippen LogP contribution in [-0.4, -0.2) is 5.01 Å². The Morgan fingerprint density at radius 1 is 1.32 bits per heavy atom. The van der Waals surface area contributed by atoms with Gasteiger partial charge in [-0.3, -0.25) is 5.01 Å². The molecule has 1 aromatic rings. The van der Waals surface area contributed by atoms with Crippen molar-refractivity contribution in [3.8, 4) is 0 Å². The number of anilines is 1. The Hall–Kier alpha value is -2.11. The number of nitrogens with one attached hydrogen (secondary N) is 1. The fourth-order valence-electron chi connectivity index (χ4n) is 1.76. The SMILES string of the molecule is CC1=CNN(Cc2ccc(N)cc2C(F)(F)F)C=C1. The van der Waals surface area contributed by atoms with Crippen molar-refractivity contribution >= 4 is 5.69 Å². The van der Waals surface area contributed by atoms with Gasteiger partial charge in [-0.05, 0) is 36.3 Å².